The highest BCUT2D eigenvalue weighted by atomic mass is 32.2. The fraction of sp³-hybridized carbons (Fsp3) is 0.500. The average molecular weight is 386 g/mol. The number of benzene rings is 1. The smallest absolute Gasteiger partial charge is 0.303 e. The molecule has 1 heterocycles. The second kappa shape index (κ2) is 9.39. The summed E-state index contributed by atoms with van der Waals surface area (Å²) >= 11 is 0. The molecule has 3 N–H and O–H groups in total. The molecule has 0 aliphatic carbocycles. The lowest BCUT2D eigenvalue weighted by Crippen LogP contribution is -2.31. The van der Waals surface area contributed by atoms with Crippen LogP contribution in [0.25, 0.3) is 0 Å². The van der Waals surface area contributed by atoms with Gasteiger partial charge < -0.3 is 19.9 Å². The predicted molar refractivity (Wildman–Crippen MR) is 91.7 cm³/mol. The highest BCUT2D eigenvalue weighted by Gasteiger charge is 2.18. The van der Waals surface area contributed by atoms with Gasteiger partial charge in [0.05, 0.1) is 18.1 Å². The minimum atomic E-state index is -3.78. The summed E-state index contributed by atoms with van der Waals surface area (Å²) < 4.78 is 37.9. The van der Waals surface area contributed by atoms with Crippen molar-refractivity contribution in [2.24, 2.45) is 0 Å². The predicted octanol–water partition coefficient (Wildman–Crippen LogP) is 0.497. The van der Waals surface area contributed by atoms with Crippen LogP contribution in [0.5, 0.6) is 11.5 Å². The maximum atomic E-state index is 12.3. The van der Waals surface area contributed by atoms with Gasteiger partial charge in [0.1, 0.15) is 0 Å². The largest absolute Gasteiger partial charge is 0.490 e. The number of hydrogen-bond acceptors (Lipinski definition) is 6. The van der Waals surface area contributed by atoms with E-state index in [1.54, 1.807) is 6.07 Å². The van der Waals surface area contributed by atoms with E-state index in [-0.39, 0.29) is 36.7 Å². The lowest BCUT2D eigenvalue weighted by molar-refractivity contribution is -0.137. The van der Waals surface area contributed by atoms with Gasteiger partial charge in [0.15, 0.2) is 11.5 Å². The van der Waals surface area contributed by atoms with E-state index in [0.717, 1.165) is 6.42 Å². The summed E-state index contributed by atoms with van der Waals surface area (Å²) in [6.07, 6.45) is 0.967. The zero-order valence-corrected chi connectivity index (χ0v) is 15.0. The summed E-state index contributed by atoms with van der Waals surface area (Å²) in [5, 5.41) is 11.0. The summed E-state index contributed by atoms with van der Waals surface area (Å²) in [4.78, 5) is 22.0. The quantitative estimate of drug-likeness (QED) is 0.527. The van der Waals surface area contributed by atoms with Crippen LogP contribution in [0.4, 0.5) is 0 Å². The summed E-state index contributed by atoms with van der Waals surface area (Å²) in [5.74, 6) is -0.400. The van der Waals surface area contributed by atoms with Crippen LogP contribution in [0.1, 0.15) is 25.7 Å². The van der Waals surface area contributed by atoms with Gasteiger partial charge in [0.25, 0.3) is 0 Å². The van der Waals surface area contributed by atoms with Crippen molar-refractivity contribution in [3.8, 4) is 11.5 Å². The van der Waals surface area contributed by atoms with Crippen LogP contribution in [-0.2, 0) is 19.6 Å². The molecule has 0 bridgehead atoms. The Kier molecular flexibility index (Phi) is 7.22. The Balaban J connectivity index is 1.82. The molecule has 144 valence electrons. The number of carbonyl (C=O) groups excluding carboxylic acids is 1. The van der Waals surface area contributed by atoms with Gasteiger partial charge in [-0.25, -0.2) is 13.1 Å². The lowest BCUT2D eigenvalue weighted by Gasteiger charge is -2.11. The maximum Gasteiger partial charge on any atom is 0.303 e. The Labute approximate surface area is 151 Å². The standard InChI is InChI=1S/C16H22N2O7S/c19-15(17-7-1-3-16(20)21)6-8-18-26(22,23)12-4-5-13-14(11-12)25-10-2-9-24-13/h4-5,11,18H,1-3,6-10H2,(H,17,19)(H,20,21). The second-order valence-electron chi connectivity index (χ2n) is 5.65. The van der Waals surface area contributed by atoms with E-state index in [1.807, 2.05) is 0 Å². The molecule has 0 unspecified atom stereocenters. The van der Waals surface area contributed by atoms with Crippen molar-refractivity contribution in [3.63, 3.8) is 0 Å². The number of carbonyl (C=O) groups is 2. The van der Waals surface area contributed by atoms with E-state index >= 15 is 0 Å². The molecule has 26 heavy (non-hydrogen) atoms. The zero-order valence-electron chi connectivity index (χ0n) is 14.2. The molecule has 0 spiro atoms. The number of carboxylic acid groups (broad SMARTS) is 1. The SMILES string of the molecule is O=C(O)CCCNC(=O)CCNS(=O)(=O)c1ccc2c(c1)OCCCO2. The van der Waals surface area contributed by atoms with Crippen molar-refractivity contribution in [1.29, 1.82) is 0 Å². The van der Waals surface area contributed by atoms with Gasteiger partial charge >= 0.3 is 5.97 Å². The van der Waals surface area contributed by atoms with Crippen LogP contribution in [0.15, 0.2) is 23.1 Å². The maximum absolute atomic E-state index is 12.3. The third-order valence-electron chi connectivity index (χ3n) is 3.56. The third kappa shape index (κ3) is 6.19. The third-order valence-corrected chi connectivity index (χ3v) is 5.02. The van der Waals surface area contributed by atoms with Gasteiger partial charge in [-0.3, -0.25) is 9.59 Å². The van der Waals surface area contributed by atoms with E-state index in [4.69, 9.17) is 14.6 Å². The van der Waals surface area contributed by atoms with Crippen molar-refractivity contribution in [3.05, 3.63) is 18.2 Å². The van der Waals surface area contributed by atoms with Crippen LogP contribution in [0.3, 0.4) is 0 Å². The van der Waals surface area contributed by atoms with Crippen molar-refractivity contribution >= 4 is 21.9 Å². The molecule has 0 fully saturated rings. The number of carboxylic acids is 1. The van der Waals surface area contributed by atoms with Crippen molar-refractivity contribution in [2.75, 3.05) is 26.3 Å². The molecule has 10 heteroatoms. The molecule has 0 aromatic heterocycles. The summed E-state index contributed by atoms with van der Waals surface area (Å²) in [6, 6.07) is 4.36. The van der Waals surface area contributed by atoms with Gasteiger partial charge in [-0.15, -0.1) is 0 Å². The molecular formula is C16H22N2O7S. The van der Waals surface area contributed by atoms with E-state index in [9.17, 15) is 18.0 Å². The van der Waals surface area contributed by atoms with Crippen LogP contribution in [-0.4, -0.2) is 51.7 Å². The molecule has 2 rings (SSSR count). The summed E-state index contributed by atoms with van der Waals surface area (Å²) in [7, 11) is -3.78. The van der Waals surface area contributed by atoms with E-state index in [1.165, 1.54) is 12.1 Å². The molecule has 0 atom stereocenters. The zero-order chi connectivity index (χ0) is 19.0. The number of rotatable bonds is 9. The van der Waals surface area contributed by atoms with Gasteiger partial charge in [0.2, 0.25) is 15.9 Å². The van der Waals surface area contributed by atoms with Crippen LogP contribution < -0.4 is 19.5 Å². The van der Waals surface area contributed by atoms with Crippen molar-refractivity contribution < 1.29 is 32.6 Å². The van der Waals surface area contributed by atoms with Crippen LogP contribution in [0.2, 0.25) is 0 Å². The fourth-order valence-electron chi connectivity index (χ4n) is 2.25. The van der Waals surface area contributed by atoms with Crippen LogP contribution >= 0.6 is 0 Å². The van der Waals surface area contributed by atoms with Gasteiger partial charge in [0, 0.05) is 38.4 Å². The first kappa shape index (κ1) is 20.0. The molecule has 0 saturated heterocycles. The minimum Gasteiger partial charge on any atom is -0.490 e. The Hall–Kier alpha value is -2.33. The first-order valence-electron chi connectivity index (χ1n) is 8.26. The fourth-order valence-corrected chi connectivity index (χ4v) is 3.30. The Morgan fingerprint density at radius 1 is 1.08 bits per heavy atom. The van der Waals surface area contributed by atoms with Crippen LogP contribution in [0, 0.1) is 0 Å². The molecule has 1 aliphatic heterocycles. The van der Waals surface area contributed by atoms with Crippen molar-refractivity contribution in [2.45, 2.75) is 30.6 Å². The van der Waals surface area contributed by atoms with Crippen molar-refractivity contribution in [1.82, 2.24) is 10.0 Å². The number of fused-ring (bicyclic) bond motifs is 1. The summed E-state index contributed by atoms with van der Waals surface area (Å²) in [5.41, 5.74) is 0. The molecule has 1 aliphatic rings. The number of nitrogens with one attached hydrogen (secondary N) is 2. The molecule has 9 nitrogen and oxygen atoms in total. The Morgan fingerprint density at radius 2 is 1.81 bits per heavy atom. The molecule has 0 radical (unpaired) electrons. The Bertz CT molecular complexity index is 749. The first-order valence-corrected chi connectivity index (χ1v) is 9.74. The summed E-state index contributed by atoms with van der Waals surface area (Å²) in [6.45, 7) is 1.13. The number of aliphatic carboxylic acids is 1. The highest BCUT2D eigenvalue weighted by Crippen LogP contribution is 2.31. The topological polar surface area (TPSA) is 131 Å². The number of sulfonamides is 1. The number of amides is 1. The highest BCUT2D eigenvalue weighted by molar-refractivity contribution is 7.89. The normalized spacial score (nSPS) is 13.7. The monoisotopic (exact) mass is 386 g/mol. The van der Waals surface area contributed by atoms with E-state index in [0.29, 0.717) is 31.1 Å². The molecule has 1 aromatic rings. The molecular weight excluding hydrogens is 364 g/mol. The molecule has 1 aromatic carbocycles. The van der Waals surface area contributed by atoms with E-state index < -0.39 is 16.0 Å². The molecule has 0 saturated carbocycles. The minimum absolute atomic E-state index is 0.0307. The molecule has 1 amide bonds. The second-order valence-corrected chi connectivity index (χ2v) is 7.42. The number of hydrogen-bond donors (Lipinski definition) is 3. The van der Waals surface area contributed by atoms with Gasteiger partial charge in [-0.05, 0) is 18.6 Å². The van der Waals surface area contributed by atoms with E-state index in [2.05, 4.69) is 10.0 Å². The van der Waals surface area contributed by atoms with Gasteiger partial charge in [-0.1, -0.05) is 0 Å². The number of ether oxygens (including phenoxy) is 2. The average Bonchev–Trinajstić information content (AvgIpc) is 2.83. The Morgan fingerprint density at radius 3 is 2.54 bits per heavy atom. The lowest BCUT2D eigenvalue weighted by atomic mass is 10.3. The van der Waals surface area contributed by atoms with Gasteiger partial charge in [-0.2, -0.15) is 0 Å². The first-order chi connectivity index (χ1) is 12.4.